The highest BCUT2D eigenvalue weighted by molar-refractivity contribution is 5.96. The molecule has 28 heteroatoms. The Morgan fingerprint density at radius 1 is 0.467 bits per heavy atom. The van der Waals surface area contributed by atoms with Gasteiger partial charge in [-0.3, -0.25) is 37.9 Å². The quantitative estimate of drug-likeness (QED) is 0.0264. The van der Waals surface area contributed by atoms with E-state index in [4.69, 9.17) is 18.9 Å². The maximum absolute atomic E-state index is 14.0. The number of carbonyl (C=O) groups excluding carboxylic acids is 4. The SMILES string of the molecule is Cc1c(-c2ccnn2-c2ccc(C#N)cc2)cc(C(=O)NCCOCCOCCNC(=O)CCC(=O)NCCOCCOCCNC(=O)c2cc(-c3ccnn3-c3ccc(C#N)cc3)c(C)n(-c3cccc(C(F)(F)F)c3)c2=O)c(=O)n1-c1cccc(C(F)(F)F)c1. The second kappa shape index (κ2) is 31.3. The van der Waals surface area contributed by atoms with Gasteiger partial charge in [0.1, 0.15) is 11.1 Å². The summed E-state index contributed by atoms with van der Waals surface area (Å²) in [5, 5.41) is 37.9. The van der Waals surface area contributed by atoms with Crippen molar-refractivity contribution < 1.29 is 64.5 Å². The van der Waals surface area contributed by atoms with Crippen LogP contribution in [-0.4, -0.2) is 131 Å². The van der Waals surface area contributed by atoms with E-state index in [2.05, 4.69) is 31.5 Å². The molecule has 0 atom stereocenters. The summed E-state index contributed by atoms with van der Waals surface area (Å²) in [6.45, 7) is 3.92. The van der Waals surface area contributed by atoms with Gasteiger partial charge in [-0.15, -0.1) is 0 Å². The van der Waals surface area contributed by atoms with Gasteiger partial charge in [0.15, 0.2) is 0 Å². The van der Waals surface area contributed by atoms with Crippen LogP contribution in [0.3, 0.4) is 0 Å². The first kappa shape index (κ1) is 67.4. The number of rotatable bonds is 29. The largest absolute Gasteiger partial charge is 0.416 e. The summed E-state index contributed by atoms with van der Waals surface area (Å²) in [5.74, 6) is -2.40. The Bertz CT molecular complexity index is 3880. The minimum absolute atomic E-state index is 0.00135. The second-order valence-corrected chi connectivity index (χ2v) is 20.2. The second-order valence-electron chi connectivity index (χ2n) is 20.2. The maximum Gasteiger partial charge on any atom is 0.416 e. The highest BCUT2D eigenvalue weighted by Crippen LogP contribution is 2.34. The lowest BCUT2D eigenvalue weighted by molar-refractivity contribution is -0.138. The van der Waals surface area contributed by atoms with Crippen LogP contribution in [-0.2, 0) is 40.9 Å². The molecule has 8 aromatic rings. The molecule has 0 aliphatic carbocycles. The number of aromatic nitrogens is 6. The van der Waals surface area contributed by atoms with Crippen molar-refractivity contribution in [1.29, 1.82) is 10.5 Å². The van der Waals surface area contributed by atoms with Gasteiger partial charge in [0.25, 0.3) is 22.9 Å². The molecule has 4 aromatic heterocycles. The molecule has 0 bridgehead atoms. The van der Waals surface area contributed by atoms with E-state index in [1.54, 1.807) is 74.5 Å². The highest BCUT2D eigenvalue weighted by atomic mass is 19.4. The Morgan fingerprint density at radius 2 is 0.815 bits per heavy atom. The van der Waals surface area contributed by atoms with Crippen molar-refractivity contribution in [3.8, 4) is 57.4 Å². The minimum atomic E-state index is -4.72. The van der Waals surface area contributed by atoms with Crippen molar-refractivity contribution in [2.45, 2.75) is 39.0 Å². The third-order valence-corrected chi connectivity index (χ3v) is 14.1. The first-order chi connectivity index (χ1) is 44.2. The monoisotopic (exact) mass is 1270 g/mol. The molecule has 4 heterocycles. The number of alkyl halides is 6. The van der Waals surface area contributed by atoms with Crippen molar-refractivity contribution in [3.63, 3.8) is 0 Å². The first-order valence-corrected chi connectivity index (χ1v) is 28.6. The minimum Gasteiger partial charge on any atom is -0.377 e. The van der Waals surface area contributed by atoms with Gasteiger partial charge in [-0.1, -0.05) is 12.1 Å². The van der Waals surface area contributed by atoms with Crippen LogP contribution in [0.25, 0.3) is 45.3 Å². The van der Waals surface area contributed by atoms with E-state index in [1.165, 1.54) is 46.0 Å². The van der Waals surface area contributed by atoms with E-state index < -0.39 is 46.4 Å². The van der Waals surface area contributed by atoms with E-state index in [-0.39, 0.29) is 138 Å². The van der Waals surface area contributed by atoms with Crippen LogP contribution in [0.4, 0.5) is 26.3 Å². The lowest BCUT2D eigenvalue weighted by Crippen LogP contribution is -2.35. The van der Waals surface area contributed by atoms with E-state index in [9.17, 15) is 65.6 Å². The lowest BCUT2D eigenvalue weighted by atomic mass is 10.0. The van der Waals surface area contributed by atoms with E-state index >= 15 is 0 Å². The average Bonchev–Trinajstić information content (AvgIpc) is 1.09. The smallest absolute Gasteiger partial charge is 0.377 e. The number of amides is 4. The number of nitriles is 2. The van der Waals surface area contributed by atoms with Crippen LogP contribution in [0.5, 0.6) is 0 Å². The zero-order valence-electron chi connectivity index (χ0n) is 49.5. The van der Waals surface area contributed by atoms with Crippen LogP contribution in [0.2, 0.25) is 0 Å². The number of nitrogens with one attached hydrogen (secondary N) is 4. The fourth-order valence-electron chi connectivity index (χ4n) is 9.53. The van der Waals surface area contributed by atoms with Crippen LogP contribution in [0.15, 0.2) is 143 Å². The predicted molar refractivity (Wildman–Crippen MR) is 321 cm³/mol. The number of hydrogen-bond donors (Lipinski definition) is 4. The molecule has 4 N–H and O–H groups in total. The summed E-state index contributed by atoms with van der Waals surface area (Å²) in [4.78, 5) is 79.9. The van der Waals surface area contributed by atoms with Gasteiger partial charge in [-0.05, 0) is 123 Å². The highest BCUT2D eigenvalue weighted by Gasteiger charge is 2.33. The van der Waals surface area contributed by atoms with Crippen molar-refractivity contribution in [1.82, 2.24) is 50.0 Å². The molecule has 0 aliphatic rings. The average molecular weight is 1270 g/mol. The third-order valence-electron chi connectivity index (χ3n) is 14.1. The Labute approximate surface area is 521 Å². The Kier molecular flexibility index (Phi) is 22.9. The first-order valence-electron chi connectivity index (χ1n) is 28.6. The number of ether oxygens (including phenoxy) is 4. The van der Waals surface area contributed by atoms with E-state index in [0.29, 0.717) is 45.0 Å². The summed E-state index contributed by atoms with van der Waals surface area (Å²) in [6, 6.07) is 31.3. The lowest BCUT2D eigenvalue weighted by Gasteiger charge is -2.19. The molecular formula is C64H60F6N12O10. The van der Waals surface area contributed by atoms with Gasteiger partial charge in [0.05, 0.1) is 122 Å². The molecule has 8 rings (SSSR count). The third kappa shape index (κ3) is 17.2. The number of hydrogen-bond acceptors (Lipinski definition) is 14. The van der Waals surface area contributed by atoms with Crippen LogP contribution in [0.1, 0.15) is 67.2 Å². The van der Waals surface area contributed by atoms with E-state index in [0.717, 1.165) is 45.5 Å². The number of pyridine rings is 2. The van der Waals surface area contributed by atoms with Crippen molar-refractivity contribution >= 4 is 23.6 Å². The number of carbonyl (C=O) groups is 4. The topological polar surface area (TPSA) is 281 Å². The zero-order chi connectivity index (χ0) is 66.0. The normalized spacial score (nSPS) is 11.4. The molecule has 0 unspecified atom stereocenters. The molecule has 92 heavy (non-hydrogen) atoms. The standard InChI is InChI=1S/C64H60F6N12O10/c1-41-51(55-19-21-77-81(55)47-13-9-43(39-71)10-14-47)37-53(61(87)79(41)49-7-3-5-45(35-49)63(65,66)67)59(85)75-25-29-91-33-31-89-27-23-73-57(83)17-18-58(84)74-24-28-90-32-34-92-30-26-76-60(86)54-38-52(56-20-22-78-82(56)48-15-11-44(40-72)12-16-48)42(2)80(62(54)88)50-8-4-6-46(36-50)64(68,69)70/h3-16,19-22,35-38H,17-18,23-34H2,1-2H3,(H,73,83)(H,74,84)(H,75,85)(H,76,86). The Balaban J connectivity index is 0.700. The molecule has 0 fully saturated rings. The van der Waals surface area contributed by atoms with Crippen molar-refractivity contribution in [2.24, 2.45) is 0 Å². The number of nitrogens with zero attached hydrogens (tertiary/aromatic N) is 8. The van der Waals surface area contributed by atoms with Crippen LogP contribution < -0.4 is 32.4 Å². The predicted octanol–water partition coefficient (Wildman–Crippen LogP) is 7.33. The molecule has 4 amide bonds. The molecule has 0 saturated heterocycles. The van der Waals surface area contributed by atoms with Crippen molar-refractivity contribution in [2.75, 3.05) is 79.0 Å². The Hall–Kier alpha value is -10.5. The fraction of sp³-hybridized carbons (Fsp3) is 0.281. The number of benzene rings is 4. The summed E-state index contributed by atoms with van der Waals surface area (Å²) in [6.07, 6.45) is -6.67. The number of halogens is 6. The summed E-state index contributed by atoms with van der Waals surface area (Å²) >= 11 is 0. The molecule has 22 nitrogen and oxygen atoms in total. The zero-order valence-corrected chi connectivity index (χ0v) is 49.5. The molecular weight excluding hydrogens is 1210 g/mol. The molecule has 478 valence electrons. The molecule has 0 aliphatic heterocycles. The maximum atomic E-state index is 14.0. The van der Waals surface area contributed by atoms with Crippen LogP contribution >= 0.6 is 0 Å². The molecule has 0 saturated carbocycles. The Morgan fingerprint density at radius 3 is 1.15 bits per heavy atom. The summed E-state index contributed by atoms with van der Waals surface area (Å²) in [7, 11) is 0. The molecule has 0 spiro atoms. The fourth-order valence-corrected chi connectivity index (χ4v) is 9.53. The molecule has 0 radical (unpaired) electrons. The van der Waals surface area contributed by atoms with Gasteiger partial charge < -0.3 is 40.2 Å². The van der Waals surface area contributed by atoms with Gasteiger partial charge in [-0.2, -0.15) is 47.1 Å². The van der Waals surface area contributed by atoms with E-state index in [1.807, 2.05) is 12.1 Å². The molecule has 4 aromatic carbocycles. The van der Waals surface area contributed by atoms with Gasteiger partial charge >= 0.3 is 12.4 Å². The van der Waals surface area contributed by atoms with Gasteiger partial charge in [0, 0.05) is 72.9 Å². The van der Waals surface area contributed by atoms with Gasteiger partial charge in [0.2, 0.25) is 11.8 Å². The summed E-state index contributed by atoms with van der Waals surface area (Å²) in [5.41, 5.74) is -0.911. The van der Waals surface area contributed by atoms with Crippen molar-refractivity contribution in [3.05, 3.63) is 199 Å². The van der Waals surface area contributed by atoms with Crippen LogP contribution in [0, 0.1) is 36.5 Å². The van der Waals surface area contributed by atoms with Gasteiger partial charge in [-0.25, -0.2) is 9.36 Å². The summed E-state index contributed by atoms with van der Waals surface area (Å²) < 4.78 is 110.